The molecular weight excluding hydrogens is 404 g/mol. The lowest BCUT2D eigenvalue weighted by molar-refractivity contribution is -0.115. The maximum absolute atomic E-state index is 11.9. The molecule has 1 aliphatic heterocycles. The Hall–Kier alpha value is -2.53. The number of benzene rings is 1. The van der Waals surface area contributed by atoms with Crippen molar-refractivity contribution in [3.05, 3.63) is 62.5 Å². The third-order valence-electron chi connectivity index (χ3n) is 4.67. The largest absolute Gasteiger partial charge is 0.356 e. The van der Waals surface area contributed by atoms with Crippen LogP contribution in [0.1, 0.15) is 60.4 Å². The van der Waals surface area contributed by atoms with Gasteiger partial charge >= 0.3 is 11.4 Å². The van der Waals surface area contributed by atoms with Crippen LogP contribution < -0.4 is 4.67 Å². The van der Waals surface area contributed by atoms with E-state index in [-0.39, 0.29) is 12.2 Å². The summed E-state index contributed by atoms with van der Waals surface area (Å²) in [7, 11) is 0. The minimum atomic E-state index is 0.0366. The molecule has 3 heterocycles. The van der Waals surface area contributed by atoms with Gasteiger partial charge in [0.1, 0.15) is 28.6 Å². The summed E-state index contributed by atoms with van der Waals surface area (Å²) in [5.41, 5.74) is 4.66. The van der Waals surface area contributed by atoms with Gasteiger partial charge in [-0.2, -0.15) is 0 Å². The van der Waals surface area contributed by atoms with Crippen molar-refractivity contribution >= 4 is 40.1 Å². The van der Waals surface area contributed by atoms with Crippen LogP contribution in [0.5, 0.6) is 0 Å². The summed E-state index contributed by atoms with van der Waals surface area (Å²) >= 11 is 7.77. The second-order valence-corrected chi connectivity index (χ2v) is 8.30. The fourth-order valence-corrected chi connectivity index (χ4v) is 4.58. The van der Waals surface area contributed by atoms with E-state index in [1.54, 1.807) is 18.3 Å². The standard InChI is InChI=1S/C20H18ClN4OS.C2H6/c1-10(26)9-16-19-24-23-13(4)25(19)20-17(11(2)12(3)27-20)18(22-16)14-5-7-15(21)8-6-14;1-2/h5-8H,9H2,1-4H3;1-2H3/q+1;. The average molecular weight is 428 g/mol. The Bertz CT molecular complexity index is 1150. The molecule has 7 heteroatoms. The highest BCUT2D eigenvalue weighted by Gasteiger charge is 2.36. The number of hydrogen-bond donors (Lipinski definition) is 0. The molecule has 0 N–H and O–H groups in total. The van der Waals surface area contributed by atoms with Crippen LogP contribution in [0, 0.1) is 20.8 Å². The van der Waals surface area contributed by atoms with Gasteiger partial charge in [0.15, 0.2) is 0 Å². The molecule has 0 fully saturated rings. The van der Waals surface area contributed by atoms with Crippen LogP contribution >= 0.6 is 22.9 Å². The zero-order valence-corrected chi connectivity index (χ0v) is 19.1. The first-order valence-electron chi connectivity index (χ1n) is 9.60. The second kappa shape index (κ2) is 8.46. The van der Waals surface area contributed by atoms with Crippen LogP contribution in [-0.4, -0.2) is 32.0 Å². The van der Waals surface area contributed by atoms with Crippen molar-refractivity contribution in [3.63, 3.8) is 0 Å². The fraction of sp³-hybridized carbons (Fsp3) is 0.318. The van der Waals surface area contributed by atoms with Crippen LogP contribution in [0.25, 0.3) is 5.00 Å². The molecule has 0 amide bonds. The highest BCUT2D eigenvalue weighted by atomic mass is 35.5. The number of hydrogen-bond acceptors (Lipinski definition) is 4. The first kappa shape index (κ1) is 21.2. The molecule has 1 aliphatic rings. The van der Waals surface area contributed by atoms with Crippen LogP contribution in [0.4, 0.5) is 0 Å². The summed E-state index contributed by atoms with van der Waals surface area (Å²) in [5.74, 6) is 1.45. The summed E-state index contributed by atoms with van der Waals surface area (Å²) in [4.78, 5) is 13.1. The molecular formula is C22H24ClN4OS+. The Morgan fingerprint density at radius 1 is 1.14 bits per heavy atom. The number of aryl methyl sites for hydroxylation is 2. The molecule has 0 saturated heterocycles. The minimum absolute atomic E-state index is 0.0366. The van der Waals surface area contributed by atoms with Crippen LogP contribution in [0.2, 0.25) is 5.02 Å². The second-order valence-electron chi connectivity index (χ2n) is 6.66. The quantitative estimate of drug-likeness (QED) is 0.573. The summed E-state index contributed by atoms with van der Waals surface area (Å²) in [6.07, 6.45) is 0.211. The molecule has 29 heavy (non-hydrogen) atoms. The molecule has 0 aliphatic carbocycles. The summed E-state index contributed by atoms with van der Waals surface area (Å²) in [6, 6.07) is 7.63. The van der Waals surface area contributed by atoms with Gasteiger partial charge in [-0.05, 0) is 57.5 Å². The highest BCUT2D eigenvalue weighted by molar-refractivity contribution is 7.15. The molecule has 3 aromatic rings. The van der Waals surface area contributed by atoms with E-state index in [0.717, 1.165) is 27.7 Å². The van der Waals surface area contributed by atoms with E-state index in [4.69, 9.17) is 16.3 Å². The SMILES string of the molecule is CC.CC(=O)CC1=[N+]=C(c2ccc(Cl)cc2)c2c(sc(C)c2C)-n2c(C)nnc21. The third-order valence-corrected chi connectivity index (χ3v) is 6.11. The first-order valence-corrected chi connectivity index (χ1v) is 10.8. The van der Waals surface area contributed by atoms with Gasteiger partial charge in [-0.3, -0.25) is 9.36 Å². The number of nitrogens with zero attached hydrogens (tertiary/aromatic N) is 4. The molecule has 0 bridgehead atoms. The van der Waals surface area contributed by atoms with E-state index < -0.39 is 0 Å². The first-order chi connectivity index (χ1) is 13.9. The molecule has 0 saturated carbocycles. The minimum Gasteiger partial charge on any atom is -0.299 e. The number of rotatable bonds is 3. The van der Waals surface area contributed by atoms with Gasteiger partial charge < -0.3 is 0 Å². The van der Waals surface area contributed by atoms with Crippen molar-refractivity contribution in [2.75, 3.05) is 0 Å². The number of carbonyl (C=O) groups is 1. The van der Waals surface area contributed by atoms with Crippen molar-refractivity contribution in [2.24, 2.45) is 0 Å². The molecule has 2 aromatic heterocycles. The van der Waals surface area contributed by atoms with Crippen LogP contribution in [0.3, 0.4) is 0 Å². The maximum Gasteiger partial charge on any atom is 0.356 e. The molecule has 150 valence electrons. The van der Waals surface area contributed by atoms with Gasteiger partial charge in [0.25, 0.3) is 0 Å². The van der Waals surface area contributed by atoms with E-state index in [9.17, 15) is 4.79 Å². The van der Waals surface area contributed by atoms with E-state index in [2.05, 4.69) is 24.0 Å². The number of thiophene rings is 1. The average Bonchev–Trinajstić information content (AvgIpc) is 3.16. The van der Waals surface area contributed by atoms with Crippen molar-refractivity contribution in [2.45, 2.75) is 48.0 Å². The monoisotopic (exact) mass is 427 g/mol. The summed E-state index contributed by atoms with van der Waals surface area (Å²) in [6.45, 7) is 11.7. The van der Waals surface area contributed by atoms with Gasteiger partial charge in [0.2, 0.25) is 5.82 Å². The molecule has 0 spiro atoms. The van der Waals surface area contributed by atoms with Gasteiger partial charge in [-0.25, -0.2) is 0 Å². The van der Waals surface area contributed by atoms with Crippen molar-refractivity contribution < 1.29 is 4.79 Å². The molecule has 0 radical (unpaired) electrons. The molecule has 0 unspecified atom stereocenters. The predicted molar refractivity (Wildman–Crippen MR) is 121 cm³/mol. The van der Waals surface area contributed by atoms with Gasteiger partial charge in [-0.1, -0.05) is 30.1 Å². The number of halogens is 1. The Morgan fingerprint density at radius 3 is 2.41 bits per heavy atom. The Morgan fingerprint density at radius 2 is 1.79 bits per heavy atom. The molecule has 4 rings (SSSR count). The number of ketones is 1. The predicted octanol–water partition coefficient (Wildman–Crippen LogP) is 4.62. The van der Waals surface area contributed by atoms with Crippen LogP contribution in [-0.2, 0) is 4.79 Å². The van der Waals surface area contributed by atoms with E-state index in [0.29, 0.717) is 16.6 Å². The normalized spacial score (nSPS) is 12.1. The Balaban J connectivity index is 0.00000117. The van der Waals surface area contributed by atoms with Crippen molar-refractivity contribution in [3.8, 4) is 5.00 Å². The maximum atomic E-state index is 11.9. The van der Waals surface area contributed by atoms with Crippen molar-refractivity contribution in [1.82, 2.24) is 19.4 Å². The van der Waals surface area contributed by atoms with E-state index >= 15 is 0 Å². The zero-order chi connectivity index (χ0) is 21.3. The number of fused-ring (bicyclic) bond motifs is 3. The van der Waals surface area contributed by atoms with Gasteiger partial charge in [-0.15, -0.1) is 21.5 Å². The van der Waals surface area contributed by atoms with E-state index in [1.807, 2.05) is 49.6 Å². The smallest absolute Gasteiger partial charge is 0.299 e. The summed E-state index contributed by atoms with van der Waals surface area (Å²) in [5, 5.41) is 10.3. The third kappa shape index (κ3) is 3.84. The van der Waals surface area contributed by atoms with E-state index in [1.165, 1.54) is 10.4 Å². The molecule has 5 nitrogen and oxygen atoms in total. The fourth-order valence-electron chi connectivity index (χ4n) is 3.25. The molecule has 1 aromatic carbocycles. The number of aromatic nitrogens is 3. The number of carbonyl (C=O) groups excluding carboxylic acids is 1. The highest BCUT2D eigenvalue weighted by Crippen LogP contribution is 2.35. The van der Waals surface area contributed by atoms with Gasteiger partial charge in [0.05, 0.1) is 5.56 Å². The topological polar surface area (TPSA) is 61.9 Å². The van der Waals surface area contributed by atoms with Crippen LogP contribution in [0.15, 0.2) is 24.3 Å². The Labute approximate surface area is 179 Å². The lowest BCUT2D eigenvalue weighted by Crippen LogP contribution is -2.16. The Kier molecular flexibility index (Phi) is 6.18. The lowest BCUT2D eigenvalue weighted by Gasteiger charge is -2.04. The number of Topliss-reactive ketones (excluding diaryl/α,β-unsaturated/α-hetero) is 1. The zero-order valence-electron chi connectivity index (χ0n) is 17.5. The summed E-state index contributed by atoms with van der Waals surface area (Å²) < 4.78 is 6.96. The lowest BCUT2D eigenvalue weighted by atomic mass is 10.00. The molecule has 0 atom stereocenters. The van der Waals surface area contributed by atoms with Crippen molar-refractivity contribution in [1.29, 1.82) is 0 Å². The van der Waals surface area contributed by atoms with Gasteiger partial charge in [0, 0.05) is 9.90 Å².